The third kappa shape index (κ3) is 41.6. The van der Waals surface area contributed by atoms with Gasteiger partial charge in [-0.2, -0.15) is 0 Å². The molecule has 0 radical (unpaired) electrons. The first-order valence-corrected chi connectivity index (χ1v) is 25.2. The standard InChI is InChI=1S/C48H88NO11P/c1-6-8-10-11-12-13-14-15-16-17-18-19-20-21-22-27-31-37-48(54)60-44(42-59-61(55,56)58-40-39-49(3,4)5)41-57-47(53)38-32-36-46(52)45(51)35-30-26-24-23-25-29-34-43(50)33-28-9-7-2/h23-26,29-30,34-35,43-46,50-52H,6-22,27-28,31-33,36-42H2,1-5H3/p+1/b25-23-,26-24+,34-29+,35-30+/t43-,44-,45-,46-/m1/s1. The summed E-state index contributed by atoms with van der Waals surface area (Å²) in [6.45, 7) is 3.93. The summed E-state index contributed by atoms with van der Waals surface area (Å²) in [4.78, 5) is 35.5. The lowest BCUT2D eigenvalue weighted by molar-refractivity contribution is -0.870. The van der Waals surface area contributed by atoms with E-state index in [0.717, 1.165) is 44.9 Å². The van der Waals surface area contributed by atoms with Crippen LogP contribution >= 0.6 is 7.82 Å². The number of carbonyl (C=O) groups is 2. The number of hydrogen-bond donors (Lipinski definition) is 4. The highest BCUT2D eigenvalue weighted by molar-refractivity contribution is 7.47. The van der Waals surface area contributed by atoms with Gasteiger partial charge in [0.2, 0.25) is 0 Å². The van der Waals surface area contributed by atoms with Gasteiger partial charge in [0.15, 0.2) is 6.10 Å². The Labute approximate surface area is 371 Å². The van der Waals surface area contributed by atoms with Gasteiger partial charge in [0, 0.05) is 12.8 Å². The summed E-state index contributed by atoms with van der Waals surface area (Å²) in [5.41, 5.74) is 0. The Morgan fingerprint density at radius 2 is 1.05 bits per heavy atom. The van der Waals surface area contributed by atoms with Crippen molar-refractivity contribution in [3.8, 4) is 0 Å². The number of carbonyl (C=O) groups excluding carboxylic acids is 2. The minimum absolute atomic E-state index is 0.0238. The van der Waals surface area contributed by atoms with Crippen molar-refractivity contribution in [2.45, 2.75) is 199 Å². The van der Waals surface area contributed by atoms with E-state index < -0.39 is 50.8 Å². The van der Waals surface area contributed by atoms with Crippen molar-refractivity contribution in [1.29, 1.82) is 0 Å². The van der Waals surface area contributed by atoms with Gasteiger partial charge in [-0.15, -0.1) is 0 Å². The van der Waals surface area contributed by atoms with Crippen molar-refractivity contribution in [2.75, 3.05) is 47.5 Å². The fourth-order valence-electron chi connectivity index (χ4n) is 6.34. The molecular formula is C48H89NO11P+. The van der Waals surface area contributed by atoms with E-state index in [1.54, 1.807) is 42.5 Å². The van der Waals surface area contributed by atoms with Crippen molar-refractivity contribution >= 4 is 19.8 Å². The van der Waals surface area contributed by atoms with Gasteiger partial charge >= 0.3 is 19.8 Å². The molecule has 0 amide bonds. The molecule has 61 heavy (non-hydrogen) atoms. The highest BCUT2D eigenvalue weighted by Gasteiger charge is 2.27. The smallest absolute Gasteiger partial charge is 0.462 e. The molecular weight excluding hydrogens is 797 g/mol. The second-order valence-corrected chi connectivity index (χ2v) is 18.8. The largest absolute Gasteiger partial charge is 0.472 e. The summed E-state index contributed by atoms with van der Waals surface area (Å²) in [6.07, 6.45) is 35.3. The Bertz CT molecular complexity index is 1230. The number of rotatable bonds is 42. The Balaban J connectivity index is 4.61. The number of aliphatic hydroxyl groups is 3. The van der Waals surface area contributed by atoms with Gasteiger partial charge in [-0.1, -0.05) is 184 Å². The molecule has 13 heteroatoms. The molecule has 0 saturated carbocycles. The zero-order chi connectivity index (χ0) is 45.5. The predicted molar refractivity (Wildman–Crippen MR) is 247 cm³/mol. The third-order valence-corrected chi connectivity index (χ3v) is 11.2. The van der Waals surface area contributed by atoms with Crippen LogP contribution in [-0.2, 0) is 32.7 Å². The summed E-state index contributed by atoms with van der Waals surface area (Å²) >= 11 is 0. The average molecular weight is 887 g/mol. The lowest BCUT2D eigenvalue weighted by atomic mass is 10.0. The van der Waals surface area contributed by atoms with E-state index in [2.05, 4.69) is 13.8 Å². The number of ether oxygens (including phenoxy) is 2. The number of nitrogens with zero attached hydrogens (tertiary/aromatic N) is 1. The molecule has 4 N–H and O–H groups in total. The molecule has 0 aromatic carbocycles. The van der Waals surface area contributed by atoms with E-state index >= 15 is 0 Å². The highest BCUT2D eigenvalue weighted by Crippen LogP contribution is 2.43. The lowest BCUT2D eigenvalue weighted by Crippen LogP contribution is -2.37. The van der Waals surface area contributed by atoms with Gasteiger partial charge in [-0.05, 0) is 25.7 Å². The average Bonchev–Trinajstić information content (AvgIpc) is 3.20. The predicted octanol–water partition coefficient (Wildman–Crippen LogP) is 10.4. The van der Waals surface area contributed by atoms with Gasteiger partial charge in [0.25, 0.3) is 0 Å². The first kappa shape index (κ1) is 58.9. The monoisotopic (exact) mass is 887 g/mol. The quantitative estimate of drug-likeness (QED) is 0.0151. The topological polar surface area (TPSA) is 169 Å². The Hall–Kier alpha value is -2.15. The summed E-state index contributed by atoms with van der Waals surface area (Å²) in [6, 6.07) is 0. The van der Waals surface area contributed by atoms with E-state index in [9.17, 15) is 34.4 Å². The number of esters is 2. The first-order valence-electron chi connectivity index (χ1n) is 23.7. The summed E-state index contributed by atoms with van der Waals surface area (Å²) in [5, 5.41) is 30.5. The number of quaternary nitrogens is 1. The molecule has 0 aliphatic heterocycles. The van der Waals surface area contributed by atoms with Crippen LogP contribution in [0.2, 0.25) is 0 Å². The zero-order valence-electron chi connectivity index (χ0n) is 39.0. The summed E-state index contributed by atoms with van der Waals surface area (Å²) in [7, 11) is 1.29. The van der Waals surface area contributed by atoms with E-state index in [4.69, 9.17) is 18.5 Å². The van der Waals surface area contributed by atoms with Crippen LogP contribution in [0, 0.1) is 0 Å². The molecule has 0 aliphatic carbocycles. The Morgan fingerprint density at radius 3 is 1.59 bits per heavy atom. The van der Waals surface area contributed by atoms with Crippen molar-refractivity contribution in [3.63, 3.8) is 0 Å². The molecule has 0 aliphatic rings. The fraction of sp³-hybridized carbons (Fsp3) is 0.792. The number of phosphoric ester groups is 1. The van der Waals surface area contributed by atoms with Crippen molar-refractivity contribution < 1.29 is 57.4 Å². The second kappa shape index (κ2) is 39.4. The van der Waals surface area contributed by atoms with Crippen LogP contribution in [0.15, 0.2) is 48.6 Å². The maximum Gasteiger partial charge on any atom is 0.472 e. The van der Waals surface area contributed by atoms with Crippen molar-refractivity contribution in [3.05, 3.63) is 48.6 Å². The van der Waals surface area contributed by atoms with E-state index in [0.29, 0.717) is 17.4 Å². The molecule has 0 spiro atoms. The Kier molecular flexibility index (Phi) is 38.1. The van der Waals surface area contributed by atoms with Crippen molar-refractivity contribution in [1.82, 2.24) is 0 Å². The van der Waals surface area contributed by atoms with E-state index in [-0.39, 0.29) is 38.9 Å². The highest BCUT2D eigenvalue weighted by atomic mass is 31.2. The third-order valence-electron chi connectivity index (χ3n) is 10.2. The molecule has 0 rings (SSSR count). The van der Waals surface area contributed by atoms with Crippen LogP contribution in [0.25, 0.3) is 0 Å². The summed E-state index contributed by atoms with van der Waals surface area (Å²) < 4.78 is 34.1. The molecule has 0 bridgehead atoms. The minimum atomic E-state index is -4.46. The van der Waals surface area contributed by atoms with Gasteiger partial charge in [0.05, 0.1) is 46.1 Å². The van der Waals surface area contributed by atoms with Gasteiger partial charge in [0.1, 0.15) is 19.8 Å². The molecule has 0 aromatic rings. The number of likely N-dealkylation sites (N-methyl/N-ethyl adjacent to an activating group) is 1. The van der Waals surface area contributed by atoms with E-state index in [1.807, 2.05) is 21.1 Å². The minimum Gasteiger partial charge on any atom is -0.462 e. The normalized spacial score (nSPS) is 15.5. The van der Waals surface area contributed by atoms with Crippen LogP contribution in [0.4, 0.5) is 0 Å². The number of hydrogen-bond acceptors (Lipinski definition) is 10. The molecule has 0 fully saturated rings. The zero-order valence-corrected chi connectivity index (χ0v) is 39.9. The Morgan fingerprint density at radius 1 is 0.574 bits per heavy atom. The molecule has 0 aromatic heterocycles. The van der Waals surface area contributed by atoms with Gasteiger partial charge in [-0.3, -0.25) is 18.6 Å². The summed E-state index contributed by atoms with van der Waals surface area (Å²) in [5.74, 6) is -1.12. The second-order valence-electron chi connectivity index (χ2n) is 17.4. The molecule has 0 saturated heterocycles. The maximum absolute atomic E-state index is 12.7. The molecule has 1 unspecified atom stereocenters. The molecule has 5 atom stereocenters. The first-order chi connectivity index (χ1) is 29.2. The molecule has 12 nitrogen and oxygen atoms in total. The fourth-order valence-corrected chi connectivity index (χ4v) is 7.08. The molecule has 356 valence electrons. The van der Waals surface area contributed by atoms with Crippen molar-refractivity contribution in [2.24, 2.45) is 0 Å². The van der Waals surface area contributed by atoms with Gasteiger partial charge in [-0.25, -0.2) is 4.57 Å². The maximum atomic E-state index is 12.7. The lowest BCUT2D eigenvalue weighted by Gasteiger charge is -2.24. The van der Waals surface area contributed by atoms with Crippen LogP contribution in [0.5, 0.6) is 0 Å². The van der Waals surface area contributed by atoms with Crippen LogP contribution in [0.1, 0.15) is 174 Å². The van der Waals surface area contributed by atoms with Crippen LogP contribution in [0.3, 0.4) is 0 Å². The number of aliphatic hydroxyl groups excluding tert-OH is 3. The number of phosphoric acid groups is 1. The van der Waals surface area contributed by atoms with E-state index in [1.165, 1.54) is 89.5 Å². The number of unbranched alkanes of at least 4 members (excludes halogenated alkanes) is 18. The SMILES string of the molecule is CCCCCCCCCCCCCCCCCCCC(=O)O[C@H](COC(=O)CCC[C@@H](O)[C@H](O)/C=C/C=C/C=C\C=C\[C@H](O)CCCCC)COP(=O)(O)OCC[N+](C)(C)C. The van der Waals surface area contributed by atoms with Crippen LogP contribution < -0.4 is 0 Å². The number of allylic oxidation sites excluding steroid dienone is 6. The van der Waals surface area contributed by atoms with Gasteiger partial charge < -0.3 is 34.2 Å². The van der Waals surface area contributed by atoms with Crippen LogP contribution in [-0.4, -0.2) is 109 Å². The molecule has 0 heterocycles.